The number of carbonyl (C=O) groups excluding carboxylic acids is 1. The van der Waals surface area contributed by atoms with Crippen LogP contribution in [0.3, 0.4) is 0 Å². The molecule has 34 heavy (non-hydrogen) atoms. The molecule has 1 aliphatic rings. The van der Waals surface area contributed by atoms with Crippen LogP contribution in [0.1, 0.15) is 56.3 Å². The lowest BCUT2D eigenvalue weighted by atomic mass is 9.96. The molecule has 0 bridgehead atoms. The molecule has 0 radical (unpaired) electrons. The number of sulfonamides is 1. The van der Waals surface area contributed by atoms with E-state index in [1.807, 2.05) is 19.1 Å². The van der Waals surface area contributed by atoms with Crippen LogP contribution < -0.4 is 5.32 Å². The molecule has 184 valence electrons. The molecule has 1 amide bonds. The Bertz CT molecular complexity index is 1140. The first kappa shape index (κ1) is 25.8. The molecule has 1 aliphatic heterocycles. The Hall–Kier alpha value is -2.78. The van der Waals surface area contributed by atoms with Gasteiger partial charge in [0, 0.05) is 31.1 Å². The fourth-order valence-corrected chi connectivity index (χ4v) is 6.02. The predicted octanol–water partition coefficient (Wildman–Crippen LogP) is 4.38. The largest absolute Gasteiger partial charge is 0.349 e. The van der Waals surface area contributed by atoms with Crippen molar-refractivity contribution in [2.75, 3.05) is 13.1 Å². The summed E-state index contributed by atoms with van der Waals surface area (Å²) in [5.41, 5.74) is 2.50. The van der Waals surface area contributed by atoms with Crippen LogP contribution in [-0.2, 0) is 21.2 Å². The van der Waals surface area contributed by atoms with Crippen molar-refractivity contribution in [2.24, 2.45) is 11.8 Å². The third-order valence-electron chi connectivity index (χ3n) is 6.31. The van der Waals surface area contributed by atoms with Gasteiger partial charge in [0.1, 0.15) is 0 Å². The molecule has 2 aromatic rings. The molecule has 1 heterocycles. The number of nitrogens with one attached hydrogen (secondary N) is 1. The molecule has 1 unspecified atom stereocenters. The molecule has 0 aromatic heterocycles. The van der Waals surface area contributed by atoms with E-state index in [0.29, 0.717) is 24.3 Å². The van der Waals surface area contributed by atoms with Crippen molar-refractivity contribution in [3.8, 4) is 0 Å². The minimum atomic E-state index is -3.88. The van der Waals surface area contributed by atoms with Crippen LogP contribution in [0, 0.1) is 28.9 Å². The van der Waals surface area contributed by atoms with Gasteiger partial charge in [-0.15, -0.1) is 0 Å². The SMILES string of the molecule is Cc1ccc([N+](=O)[O-])cc1S(=O)(=O)N1CCC(C(=O)NC(C)c2ccc(CC(C)C)cc2)CC1. The summed E-state index contributed by atoms with van der Waals surface area (Å²) in [7, 11) is -3.88. The Morgan fingerprint density at radius 3 is 2.29 bits per heavy atom. The number of nitro benzene ring substituents is 1. The van der Waals surface area contributed by atoms with E-state index in [4.69, 9.17) is 0 Å². The lowest BCUT2D eigenvalue weighted by Gasteiger charge is -2.31. The number of carbonyl (C=O) groups is 1. The van der Waals surface area contributed by atoms with Gasteiger partial charge in [0.15, 0.2) is 0 Å². The van der Waals surface area contributed by atoms with Crippen molar-refractivity contribution in [1.29, 1.82) is 0 Å². The second-order valence-electron chi connectivity index (χ2n) is 9.46. The van der Waals surface area contributed by atoms with Crippen LogP contribution >= 0.6 is 0 Å². The molecule has 0 spiro atoms. The second kappa shape index (κ2) is 10.7. The number of rotatable bonds is 8. The zero-order valence-electron chi connectivity index (χ0n) is 20.2. The molecule has 1 fully saturated rings. The first-order valence-electron chi connectivity index (χ1n) is 11.6. The van der Waals surface area contributed by atoms with Crippen molar-refractivity contribution in [1.82, 2.24) is 9.62 Å². The maximum absolute atomic E-state index is 13.1. The summed E-state index contributed by atoms with van der Waals surface area (Å²) in [6, 6.07) is 12.0. The highest BCUT2D eigenvalue weighted by atomic mass is 32.2. The first-order valence-corrected chi connectivity index (χ1v) is 13.1. The van der Waals surface area contributed by atoms with Gasteiger partial charge < -0.3 is 5.32 Å². The highest BCUT2D eigenvalue weighted by molar-refractivity contribution is 7.89. The molecular formula is C25H33N3O5S. The fourth-order valence-electron chi connectivity index (χ4n) is 4.31. The molecule has 8 nitrogen and oxygen atoms in total. The number of nitro groups is 1. The highest BCUT2D eigenvalue weighted by Gasteiger charge is 2.34. The summed E-state index contributed by atoms with van der Waals surface area (Å²) >= 11 is 0. The van der Waals surface area contributed by atoms with E-state index >= 15 is 0 Å². The Morgan fingerprint density at radius 1 is 1.12 bits per heavy atom. The first-order chi connectivity index (χ1) is 16.0. The van der Waals surface area contributed by atoms with E-state index < -0.39 is 14.9 Å². The van der Waals surface area contributed by atoms with E-state index in [1.54, 1.807) is 6.92 Å². The van der Waals surface area contributed by atoms with Crippen LogP contribution in [0.5, 0.6) is 0 Å². The van der Waals surface area contributed by atoms with E-state index in [2.05, 4.69) is 31.3 Å². The number of nitrogens with zero attached hydrogens (tertiary/aromatic N) is 2. The van der Waals surface area contributed by atoms with Crippen molar-refractivity contribution in [2.45, 2.75) is 57.9 Å². The standard InChI is InChI=1S/C25H33N3O5S/c1-17(2)15-20-6-8-21(9-7-20)19(4)26-25(29)22-11-13-27(14-12-22)34(32,33)24-16-23(28(30)31)10-5-18(24)3/h5-10,16-17,19,22H,11-15H2,1-4H3,(H,26,29). The zero-order chi connectivity index (χ0) is 25.0. The molecule has 0 saturated carbocycles. The summed E-state index contributed by atoms with van der Waals surface area (Å²) in [6.45, 7) is 8.31. The van der Waals surface area contributed by atoms with Gasteiger partial charge in [-0.1, -0.05) is 44.2 Å². The lowest BCUT2D eigenvalue weighted by molar-refractivity contribution is -0.385. The van der Waals surface area contributed by atoms with Gasteiger partial charge in [0.05, 0.1) is 15.9 Å². The number of hydrogen-bond acceptors (Lipinski definition) is 5. The van der Waals surface area contributed by atoms with Crippen molar-refractivity contribution < 1.29 is 18.1 Å². The van der Waals surface area contributed by atoms with Crippen LogP contribution in [0.15, 0.2) is 47.4 Å². The third-order valence-corrected chi connectivity index (χ3v) is 8.35. The van der Waals surface area contributed by atoms with Gasteiger partial charge in [0.2, 0.25) is 15.9 Å². The molecule has 1 saturated heterocycles. The van der Waals surface area contributed by atoms with Crippen molar-refractivity contribution in [3.05, 3.63) is 69.3 Å². The average molecular weight is 488 g/mol. The van der Waals surface area contributed by atoms with Gasteiger partial charge in [-0.05, 0) is 55.7 Å². The monoisotopic (exact) mass is 487 g/mol. The number of benzene rings is 2. The summed E-state index contributed by atoms with van der Waals surface area (Å²) in [5, 5.41) is 14.1. The van der Waals surface area contributed by atoms with E-state index in [-0.39, 0.29) is 41.5 Å². The molecule has 9 heteroatoms. The molecule has 1 N–H and O–H groups in total. The number of piperidine rings is 1. The predicted molar refractivity (Wildman–Crippen MR) is 131 cm³/mol. The maximum Gasteiger partial charge on any atom is 0.270 e. The van der Waals surface area contributed by atoms with E-state index in [9.17, 15) is 23.3 Å². The average Bonchev–Trinajstić information content (AvgIpc) is 2.79. The molecule has 2 aromatic carbocycles. The Morgan fingerprint density at radius 2 is 1.74 bits per heavy atom. The number of amides is 1. The summed E-state index contributed by atoms with van der Waals surface area (Å²) in [6.07, 6.45) is 1.82. The molecule has 0 aliphatic carbocycles. The summed E-state index contributed by atoms with van der Waals surface area (Å²) in [5.74, 6) is 0.223. The summed E-state index contributed by atoms with van der Waals surface area (Å²) < 4.78 is 27.6. The van der Waals surface area contributed by atoms with E-state index in [0.717, 1.165) is 18.1 Å². The number of aryl methyl sites for hydroxylation is 1. The third kappa shape index (κ3) is 6.01. The molecule has 1 atom stereocenters. The zero-order valence-corrected chi connectivity index (χ0v) is 21.0. The van der Waals surface area contributed by atoms with Crippen molar-refractivity contribution >= 4 is 21.6 Å². The Kier molecular flexibility index (Phi) is 8.09. The van der Waals surface area contributed by atoms with Gasteiger partial charge in [0.25, 0.3) is 5.69 Å². The number of hydrogen-bond donors (Lipinski definition) is 1. The van der Waals surface area contributed by atoms with Gasteiger partial charge in [-0.3, -0.25) is 14.9 Å². The molecule has 3 rings (SSSR count). The van der Waals surface area contributed by atoms with Gasteiger partial charge in [-0.2, -0.15) is 4.31 Å². The van der Waals surface area contributed by atoms with Crippen LogP contribution in [0.2, 0.25) is 0 Å². The maximum atomic E-state index is 13.1. The topological polar surface area (TPSA) is 110 Å². The van der Waals surface area contributed by atoms with Crippen LogP contribution in [0.4, 0.5) is 5.69 Å². The second-order valence-corrected chi connectivity index (χ2v) is 11.4. The minimum absolute atomic E-state index is 0.0564. The Balaban J connectivity index is 1.60. The molecular weight excluding hydrogens is 454 g/mol. The van der Waals surface area contributed by atoms with E-state index in [1.165, 1.54) is 22.0 Å². The van der Waals surface area contributed by atoms with Crippen molar-refractivity contribution in [3.63, 3.8) is 0 Å². The smallest absolute Gasteiger partial charge is 0.270 e. The fraction of sp³-hybridized carbons (Fsp3) is 0.480. The summed E-state index contributed by atoms with van der Waals surface area (Å²) in [4.78, 5) is 23.3. The van der Waals surface area contributed by atoms with Gasteiger partial charge in [-0.25, -0.2) is 8.42 Å². The quantitative estimate of drug-likeness (QED) is 0.439. The number of non-ortho nitro benzene ring substituents is 1. The minimum Gasteiger partial charge on any atom is -0.349 e. The lowest BCUT2D eigenvalue weighted by Crippen LogP contribution is -2.43. The van der Waals surface area contributed by atoms with Crippen LogP contribution in [-0.4, -0.2) is 36.6 Å². The van der Waals surface area contributed by atoms with Crippen LogP contribution in [0.25, 0.3) is 0 Å². The normalized spacial score (nSPS) is 16.4. The Labute approximate surface area is 201 Å². The van der Waals surface area contributed by atoms with Gasteiger partial charge >= 0.3 is 0 Å². The highest BCUT2D eigenvalue weighted by Crippen LogP contribution is 2.29.